The molecule has 1 aromatic carbocycles. The molecule has 122 valence electrons. The zero-order chi connectivity index (χ0) is 16.4. The van der Waals surface area contributed by atoms with Gasteiger partial charge in [0.25, 0.3) is 0 Å². The van der Waals surface area contributed by atoms with Crippen LogP contribution in [0.25, 0.3) is 22.2 Å². The third kappa shape index (κ3) is 3.04. The van der Waals surface area contributed by atoms with Gasteiger partial charge < -0.3 is 14.7 Å². The number of aryl methyl sites for hydroxylation is 1. The molecule has 0 saturated heterocycles. The van der Waals surface area contributed by atoms with Crippen LogP contribution >= 0.6 is 0 Å². The van der Waals surface area contributed by atoms with Crippen molar-refractivity contribution in [1.29, 1.82) is 0 Å². The van der Waals surface area contributed by atoms with Gasteiger partial charge in [-0.15, -0.1) is 0 Å². The predicted octanol–water partition coefficient (Wildman–Crippen LogP) is 4.83. The zero-order valence-corrected chi connectivity index (χ0v) is 14.3. The fourth-order valence-electron chi connectivity index (χ4n) is 2.99. The van der Waals surface area contributed by atoms with Crippen LogP contribution < -0.4 is 5.32 Å². The van der Waals surface area contributed by atoms with Crippen molar-refractivity contribution >= 4 is 10.9 Å². The SMILES string of the molecule is CC[C@H](C)C[C@@H](NC)c1nc(C)c(-c2c[nH]c3ccccc23)o1. The van der Waals surface area contributed by atoms with Gasteiger partial charge in [0.15, 0.2) is 5.76 Å². The van der Waals surface area contributed by atoms with E-state index in [4.69, 9.17) is 4.42 Å². The number of H-pyrrole nitrogens is 1. The van der Waals surface area contributed by atoms with E-state index >= 15 is 0 Å². The van der Waals surface area contributed by atoms with E-state index < -0.39 is 0 Å². The number of oxazole rings is 1. The largest absolute Gasteiger partial charge is 0.439 e. The Balaban J connectivity index is 1.97. The highest BCUT2D eigenvalue weighted by molar-refractivity contribution is 5.94. The molecule has 0 bridgehead atoms. The molecule has 3 aromatic rings. The summed E-state index contributed by atoms with van der Waals surface area (Å²) in [6.07, 6.45) is 4.19. The molecule has 0 amide bonds. The van der Waals surface area contributed by atoms with E-state index in [-0.39, 0.29) is 6.04 Å². The van der Waals surface area contributed by atoms with E-state index in [0.29, 0.717) is 5.92 Å². The molecule has 0 aliphatic heterocycles. The second-order valence-electron chi connectivity index (χ2n) is 6.30. The first-order valence-electron chi connectivity index (χ1n) is 8.35. The molecule has 2 N–H and O–H groups in total. The number of nitrogens with zero attached hydrogens (tertiary/aromatic N) is 1. The third-order valence-electron chi connectivity index (χ3n) is 4.63. The molecular formula is C19H25N3O. The Labute approximate surface area is 137 Å². The Bertz CT molecular complexity index is 787. The minimum absolute atomic E-state index is 0.155. The monoisotopic (exact) mass is 311 g/mol. The molecule has 0 aliphatic carbocycles. The van der Waals surface area contributed by atoms with Crippen molar-refractivity contribution in [2.75, 3.05) is 7.05 Å². The van der Waals surface area contributed by atoms with Gasteiger partial charge in [0, 0.05) is 22.7 Å². The lowest BCUT2D eigenvalue weighted by Gasteiger charge is -2.16. The number of para-hydroxylation sites is 1. The number of rotatable bonds is 6. The molecule has 0 spiro atoms. The van der Waals surface area contributed by atoms with Gasteiger partial charge in [-0.3, -0.25) is 0 Å². The van der Waals surface area contributed by atoms with Crippen LogP contribution in [0.3, 0.4) is 0 Å². The molecule has 0 fully saturated rings. The molecule has 2 aromatic heterocycles. The summed E-state index contributed by atoms with van der Waals surface area (Å²) < 4.78 is 6.17. The van der Waals surface area contributed by atoms with Gasteiger partial charge in [-0.1, -0.05) is 38.5 Å². The topological polar surface area (TPSA) is 53.9 Å². The summed E-state index contributed by atoms with van der Waals surface area (Å²) in [4.78, 5) is 7.99. The first-order valence-corrected chi connectivity index (χ1v) is 8.35. The van der Waals surface area contributed by atoms with Crippen LogP contribution in [0.15, 0.2) is 34.9 Å². The van der Waals surface area contributed by atoms with Crippen LogP contribution in [0.2, 0.25) is 0 Å². The summed E-state index contributed by atoms with van der Waals surface area (Å²) in [5, 5.41) is 4.51. The van der Waals surface area contributed by atoms with Crippen molar-refractivity contribution in [2.24, 2.45) is 5.92 Å². The lowest BCUT2D eigenvalue weighted by molar-refractivity contribution is 0.354. The maximum Gasteiger partial charge on any atom is 0.212 e. The standard InChI is InChI=1S/C19H25N3O/c1-5-12(2)10-17(20-4)19-22-13(3)18(23-19)15-11-21-16-9-7-6-8-14(15)16/h6-9,11-12,17,20-21H,5,10H2,1-4H3/t12-,17+/m0/s1. The smallest absolute Gasteiger partial charge is 0.212 e. The number of aromatic amines is 1. The van der Waals surface area contributed by atoms with Gasteiger partial charge >= 0.3 is 0 Å². The Hall–Kier alpha value is -2.07. The minimum atomic E-state index is 0.155. The summed E-state index contributed by atoms with van der Waals surface area (Å²) in [5.41, 5.74) is 3.13. The molecule has 0 saturated carbocycles. The number of fused-ring (bicyclic) bond motifs is 1. The van der Waals surface area contributed by atoms with Crippen LogP contribution in [0.5, 0.6) is 0 Å². The van der Waals surface area contributed by atoms with Crippen LogP contribution in [-0.2, 0) is 0 Å². The number of hydrogen-bond donors (Lipinski definition) is 2. The highest BCUT2D eigenvalue weighted by Crippen LogP contribution is 2.33. The Morgan fingerprint density at radius 3 is 2.83 bits per heavy atom. The van der Waals surface area contributed by atoms with Gasteiger partial charge in [0.2, 0.25) is 5.89 Å². The maximum atomic E-state index is 6.17. The average Bonchev–Trinajstić information content (AvgIpc) is 3.15. The normalized spacial score (nSPS) is 14.3. The molecule has 2 heterocycles. The van der Waals surface area contributed by atoms with Crippen molar-refractivity contribution in [3.63, 3.8) is 0 Å². The molecule has 4 heteroatoms. The summed E-state index contributed by atoms with van der Waals surface area (Å²) in [7, 11) is 1.97. The van der Waals surface area contributed by atoms with Gasteiger partial charge in [0.05, 0.1) is 11.7 Å². The van der Waals surface area contributed by atoms with Gasteiger partial charge in [-0.2, -0.15) is 0 Å². The maximum absolute atomic E-state index is 6.17. The quantitative estimate of drug-likeness (QED) is 0.685. The fraction of sp³-hybridized carbons (Fsp3) is 0.421. The van der Waals surface area contributed by atoms with Crippen molar-refractivity contribution in [3.8, 4) is 11.3 Å². The number of benzene rings is 1. The highest BCUT2D eigenvalue weighted by atomic mass is 16.4. The Morgan fingerprint density at radius 2 is 2.09 bits per heavy atom. The van der Waals surface area contributed by atoms with Crippen LogP contribution in [0.1, 0.15) is 44.3 Å². The summed E-state index contributed by atoms with van der Waals surface area (Å²) in [6, 6.07) is 8.42. The highest BCUT2D eigenvalue weighted by Gasteiger charge is 2.22. The number of aromatic nitrogens is 2. The van der Waals surface area contributed by atoms with E-state index in [2.05, 4.69) is 41.3 Å². The molecule has 2 atom stereocenters. The fourth-order valence-corrected chi connectivity index (χ4v) is 2.99. The van der Waals surface area contributed by atoms with Gasteiger partial charge in [-0.05, 0) is 32.4 Å². The van der Waals surface area contributed by atoms with Crippen molar-refractivity contribution in [2.45, 2.75) is 39.7 Å². The molecule has 0 aliphatic rings. The average molecular weight is 311 g/mol. The first kappa shape index (κ1) is 15.8. The second kappa shape index (κ2) is 6.59. The predicted molar refractivity (Wildman–Crippen MR) is 94.4 cm³/mol. The van der Waals surface area contributed by atoms with E-state index in [9.17, 15) is 0 Å². The lowest BCUT2D eigenvalue weighted by Crippen LogP contribution is -2.19. The van der Waals surface area contributed by atoms with Crippen molar-refractivity contribution in [3.05, 3.63) is 42.0 Å². The van der Waals surface area contributed by atoms with Gasteiger partial charge in [-0.25, -0.2) is 4.98 Å². The van der Waals surface area contributed by atoms with Crippen LogP contribution in [-0.4, -0.2) is 17.0 Å². The third-order valence-corrected chi connectivity index (χ3v) is 4.63. The molecular weight excluding hydrogens is 286 g/mol. The van der Waals surface area contributed by atoms with E-state index in [1.54, 1.807) is 0 Å². The number of nitrogens with one attached hydrogen (secondary N) is 2. The molecule has 4 nitrogen and oxygen atoms in total. The Morgan fingerprint density at radius 1 is 1.30 bits per heavy atom. The van der Waals surface area contributed by atoms with Crippen molar-refractivity contribution in [1.82, 2.24) is 15.3 Å². The molecule has 0 unspecified atom stereocenters. The molecule has 23 heavy (non-hydrogen) atoms. The summed E-state index contributed by atoms with van der Waals surface area (Å²) in [6.45, 7) is 6.50. The molecule has 0 radical (unpaired) electrons. The molecule has 3 rings (SSSR count). The second-order valence-corrected chi connectivity index (χ2v) is 6.30. The van der Waals surface area contributed by atoms with Gasteiger partial charge in [0.1, 0.15) is 0 Å². The van der Waals surface area contributed by atoms with E-state index in [1.165, 1.54) is 5.39 Å². The number of hydrogen-bond acceptors (Lipinski definition) is 3. The summed E-state index contributed by atoms with van der Waals surface area (Å²) in [5.74, 6) is 2.28. The van der Waals surface area contributed by atoms with Crippen LogP contribution in [0, 0.1) is 12.8 Å². The van der Waals surface area contributed by atoms with E-state index in [0.717, 1.165) is 41.3 Å². The lowest BCUT2D eigenvalue weighted by atomic mass is 9.99. The van der Waals surface area contributed by atoms with E-state index in [1.807, 2.05) is 32.3 Å². The Kier molecular flexibility index (Phi) is 4.53. The first-order chi connectivity index (χ1) is 11.1. The minimum Gasteiger partial charge on any atom is -0.439 e. The summed E-state index contributed by atoms with van der Waals surface area (Å²) >= 11 is 0. The zero-order valence-electron chi connectivity index (χ0n) is 14.3. The van der Waals surface area contributed by atoms with Crippen LogP contribution in [0.4, 0.5) is 0 Å². The van der Waals surface area contributed by atoms with Crippen molar-refractivity contribution < 1.29 is 4.42 Å².